The Bertz CT molecular complexity index is 874. The molecule has 8 nitrogen and oxygen atoms in total. The topological polar surface area (TPSA) is 99.7 Å². The Morgan fingerprint density at radius 3 is 1.68 bits per heavy atom. The van der Waals surface area contributed by atoms with Gasteiger partial charge in [-0.25, -0.2) is 0 Å². The lowest BCUT2D eigenvalue weighted by Crippen LogP contribution is -2.62. The predicted octanol–water partition coefficient (Wildman–Crippen LogP) is 4.73. The van der Waals surface area contributed by atoms with E-state index in [0.29, 0.717) is 31.2 Å². The summed E-state index contributed by atoms with van der Waals surface area (Å²) in [6.07, 6.45) is 2.84. The summed E-state index contributed by atoms with van der Waals surface area (Å²) < 4.78 is 6.00. The Balaban J connectivity index is 1.73. The van der Waals surface area contributed by atoms with Crippen molar-refractivity contribution in [1.82, 2.24) is 10.1 Å². The van der Waals surface area contributed by atoms with Crippen LogP contribution in [0.5, 0.6) is 0 Å². The summed E-state index contributed by atoms with van der Waals surface area (Å²) >= 11 is 0. The fourth-order valence-electron chi connectivity index (χ4n) is 6.04. The smallest absolute Gasteiger partial charge is 0.214 e. The van der Waals surface area contributed by atoms with Gasteiger partial charge in [0.25, 0.3) is 0 Å². The van der Waals surface area contributed by atoms with Crippen molar-refractivity contribution in [2.45, 2.75) is 115 Å². The van der Waals surface area contributed by atoms with Crippen LogP contribution in [-0.2, 0) is 19.9 Å². The van der Waals surface area contributed by atoms with E-state index in [0.717, 1.165) is 22.2 Å². The summed E-state index contributed by atoms with van der Waals surface area (Å²) in [6.45, 7) is 15.3. The van der Waals surface area contributed by atoms with Gasteiger partial charge < -0.3 is 9.64 Å². The van der Waals surface area contributed by atoms with Gasteiger partial charge in [-0.1, -0.05) is 0 Å². The van der Waals surface area contributed by atoms with Gasteiger partial charge in [0, 0.05) is 52.3 Å². The van der Waals surface area contributed by atoms with E-state index < -0.39 is 22.2 Å². The van der Waals surface area contributed by atoms with Crippen LogP contribution in [-0.4, -0.2) is 56.7 Å². The zero-order valence-corrected chi connectivity index (χ0v) is 21.8. The number of hydroxylamine groups is 4. The Labute approximate surface area is 203 Å². The molecule has 0 aliphatic carbocycles. The van der Waals surface area contributed by atoms with Crippen LogP contribution in [0.25, 0.3) is 0 Å². The quantitative estimate of drug-likeness (QED) is 0.380. The minimum absolute atomic E-state index is 0.0575. The summed E-state index contributed by atoms with van der Waals surface area (Å²) in [5, 5.41) is 36.1. The van der Waals surface area contributed by atoms with Crippen molar-refractivity contribution in [2.24, 2.45) is 0 Å². The minimum Gasteiger partial charge on any atom is -0.474 e. The molecular weight excluding hydrogens is 432 g/mol. The molecule has 0 aromatic heterocycles. The fraction of sp³-hybridized carbons (Fsp3) is 0.692. The summed E-state index contributed by atoms with van der Waals surface area (Å²) in [4.78, 5) is 13.8. The van der Waals surface area contributed by atoms with Crippen LogP contribution in [0.4, 0.5) is 5.69 Å². The van der Waals surface area contributed by atoms with E-state index in [1.165, 1.54) is 0 Å². The standard InChI is InChI=1S/C26H40N4O4/c1-23(2)13-20(14-24(3,4)29(23)32)28(17-31)19-11-9-18(10-12-19)22(27)34-21-15-25(5,6)30(33)26(7,8)16-21/h9-12,17,20-21,27H,13-16H2,1-8H3. The number of hydrogen-bond donors (Lipinski definition) is 1. The van der Waals surface area contributed by atoms with Gasteiger partial charge in [-0.3, -0.25) is 10.2 Å². The number of carbonyl (C=O) groups is 1. The molecule has 188 valence electrons. The number of benzene rings is 1. The highest BCUT2D eigenvalue weighted by atomic mass is 16.5. The second kappa shape index (κ2) is 8.90. The second-order valence-corrected chi connectivity index (χ2v) is 12.4. The van der Waals surface area contributed by atoms with Gasteiger partial charge in [-0.15, -0.1) is 20.5 Å². The molecule has 2 saturated heterocycles. The second-order valence-electron chi connectivity index (χ2n) is 12.4. The largest absolute Gasteiger partial charge is 0.474 e. The first-order valence-corrected chi connectivity index (χ1v) is 12.0. The van der Waals surface area contributed by atoms with Crippen LogP contribution >= 0.6 is 0 Å². The van der Waals surface area contributed by atoms with Crippen molar-refractivity contribution >= 4 is 18.0 Å². The molecule has 0 spiro atoms. The van der Waals surface area contributed by atoms with Crippen LogP contribution in [0.1, 0.15) is 86.6 Å². The van der Waals surface area contributed by atoms with Crippen molar-refractivity contribution < 1.29 is 19.9 Å². The number of ether oxygens (including phenoxy) is 1. The summed E-state index contributed by atoms with van der Waals surface area (Å²) in [6, 6.07) is 7.10. The van der Waals surface area contributed by atoms with Gasteiger partial charge in [0.05, 0.1) is 0 Å². The molecule has 1 N–H and O–H groups in total. The monoisotopic (exact) mass is 472 g/mol. The average molecular weight is 473 g/mol. The zero-order chi connectivity index (χ0) is 25.7. The number of carbonyl (C=O) groups excluding carboxylic acids is 1. The molecule has 0 saturated carbocycles. The third-order valence-corrected chi connectivity index (χ3v) is 7.34. The fourth-order valence-corrected chi connectivity index (χ4v) is 6.04. The molecule has 3 rings (SSSR count). The highest BCUT2D eigenvalue weighted by Gasteiger charge is 2.48. The number of rotatable bonds is 5. The SMILES string of the molecule is CC1(C)CC(OC(=N)c2ccc(N(C=O)C3CC(C)(C)N([O])C(C)(C)C3)cc2)CC(C)(C)N1[O]. The van der Waals surface area contributed by atoms with Crippen LogP contribution in [0.15, 0.2) is 24.3 Å². The Morgan fingerprint density at radius 2 is 1.26 bits per heavy atom. The number of nitrogens with one attached hydrogen (secondary N) is 1. The van der Waals surface area contributed by atoms with Gasteiger partial charge in [0.15, 0.2) is 0 Å². The Kier molecular flexibility index (Phi) is 6.96. The number of hydrogen-bond acceptors (Lipinski definition) is 5. The van der Waals surface area contributed by atoms with Crippen molar-refractivity contribution in [2.75, 3.05) is 4.90 Å². The van der Waals surface area contributed by atoms with Gasteiger partial charge in [0.1, 0.15) is 6.10 Å². The lowest BCUT2D eigenvalue weighted by molar-refractivity contribution is -0.297. The lowest BCUT2D eigenvalue weighted by atomic mass is 9.78. The third-order valence-electron chi connectivity index (χ3n) is 7.34. The van der Waals surface area contributed by atoms with E-state index in [1.54, 1.807) is 17.0 Å². The van der Waals surface area contributed by atoms with Crippen LogP contribution < -0.4 is 4.90 Å². The maximum Gasteiger partial charge on any atom is 0.214 e. The first kappa shape index (κ1) is 26.6. The molecule has 2 aliphatic heterocycles. The van der Waals surface area contributed by atoms with Crippen molar-refractivity contribution in [3.05, 3.63) is 29.8 Å². The van der Waals surface area contributed by atoms with E-state index in [2.05, 4.69) is 0 Å². The first-order chi connectivity index (χ1) is 15.5. The van der Waals surface area contributed by atoms with Gasteiger partial charge in [-0.05, 0) is 92.5 Å². The molecular formula is C26H40N4O4. The molecule has 2 radical (unpaired) electrons. The highest BCUT2D eigenvalue weighted by Crippen LogP contribution is 2.40. The highest BCUT2D eigenvalue weighted by molar-refractivity contribution is 5.92. The maximum absolute atomic E-state index is 12.7. The van der Waals surface area contributed by atoms with Crippen molar-refractivity contribution in [1.29, 1.82) is 5.41 Å². The molecule has 1 aromatic rings. The third kappa shape index (κ3) is 5.15. The Hall–Kier alpha value is -2.00. The summed E-state index contributed by atoms with van der Waals surface area (Å²) in [5.74, 6) is 0.0575. The number of nitrogens with zero attached hydrogens (tertiary/aromatic N) is 3. The number of piperidine rings is 2. The van der Waals surface area contributed by atoms with Crippen LogP contribution in [0.2, 0.25) is 0 Å². The van der Waals surface area contributed by atoms with Gasteiger partial charge in [0.2, 0.25) is 12.3 Å². The summed E-state index contributed by atoms with van der Waals surface area (Å²) in [5.41, 5.74) is -0.950. The van der Waals surface area contributed by atoms with Crippen molar-refractivity contribution in [3.8, 4) is 0 Å². The maximum atomic E-state index is 12.7. The molecule has 34 heavy (non-hydrogen) atoms. The molecule has 2 heterocycles. The molecule has 0 unspecified atom stereocenters. The van der Waals surface area contributed by atoms with E-state index in [-0.39, 0.29) is 18.0 Å². The number of amides is 1. The van der Waals surface area contributed by atoms with E-state index in [4.69, 9.17) is 10.1 Å². The van der Waals surface area contributed by atoms with Crippen molar-refractivity contribution in [3.63, 3.8) is 0 Å². The minimum atomic E-state index is -0.579. The molecule has 1 amide bonds. The lowest BCUT2D eigenvalue weighted by Gasteiger charge is -2.51. The van der Waals surface area contributed by atoms with E-state index in [9.17, 15) is 15.2 Å². The number of anilines is 1. The van der Waals surface area contributed by atoms with Gasteiger partial charge in [-0.2, -0.15) is 0 Å². The Morgan fingerprint density at radius 1 is 0.853 bits per heavy atom. The summed E-state index contributed by atoms with van der Waals surface area (Å²) in [7, 11) is 0. The molecule has 2 fully saturated rings. The molecule has 0 bridgehead atoms. The average Bonchev–Trinajstić information content (AvgIpc) is 2.70. The normalized spacial score (nSPS) is 25.0. The zero-order valence-electron chi connectivity index (χ0n) is 21.8. The molecule has 8 heteroatoms. The molecule has 1 aromatic carbocycles. The van der Waals surface area contributed by atoms with Crippen LogP contribution in [0.3, 0.4) is 0 Å². The molecule has 2 aliphatic rings. The van der Waals surface area contributed by atoms with E-state index in [1.807, 2.05) is 67.5 Å². The first-order valence-electron chi connectivity index (χ1n) is 12.0. The van der Waals surface area contributed by atoms with Gasteiger partial charge >= 0.3 is 0 Å². The van der Waals surface area contributed by atoms with E-state index >= 15 is 0 Å². The van der Waals surface area contributed by atoms with Crippen LogP contribution in [0, 0.1) is 5.41 Å². The predicted molar refractivity (Wildman–Crippen MR) is 130 cm³/mol. The molecule has 0 atom stereocenters.